The molecule has 1 fully saturated rings. The second-order valence-electron chi connectivity index (χ2n) is 6.05. The van der Waals surface area contributed by atoms with Crippen LogP contribution in [0.4, 0.5) is 0 Å². The molecule has 3 atom stereocenters. The van der Waals surface area contributed by atoms with Gasteiger partial charge in [-0.05, 0) is 39.2 Å². The van der Waals surface area contributed by atoms with Gasteiger partial charge in [-0.2, -0.15) is 0 Å². The van der Waals surface area contributed by atoms with Gasteiger partial charge in [0.15, 0.2) is 0 Å². The fourth-order valence-corrected chi connectivity index (χ4v) is 3.01. The van der Waals surface area contributed by atoms with Gasteiger partial charge in [0.25, 0.3) is 0 Å². The van der Waals surface area contributed by atoms with Crippen LogP contribution in [-0.4, -0.2) is 37.1 Å². The molecule has 1 N–H and O–H groups in total. The Bertz CT molecular complexity index is 193. The SMILES string of the molecule is CCCC(C)NCCN(C)C1CCCC(C)C1. The molecule has 1 aliphatic carbocycles. The molecule has 0 aromatic carbocycles. The maximum atomic E-state index is 3.62. The number of likely N-dealkylation sites (N-methyl/N-ethyl adjacent to an activating group) is 1. The van der Waals surface area contributed by atoms with E-state index in [1.165, 1.54) is 45.1 Å². The van der Waals surface area contributed by atoms with Crippen molar-refractivity contribution in [1.82, 2.24) is 10.2 Å². The van der Waals surface area contributed by atoms with Crippen molar-refractivity contribution in [2.75, 3.05) is 20.1 Å². The highest BCUT2D eigenvalue weighted by Crippen LogP contribution is 2.26. The van der Waals surface area contributed by atoms with E-state index in [9.17, 15) is 0 Å². The molecule has 0 aromatic heterocycles. The molecule has 1 aliphatic rings. The van der Waals surface area contributed by atoms with E-state index >= 15 is 0 Å². The number of nitrogens with one attached hydrogen (secondary N) is 1. The van der Waals surface area contributed by atoms with Gasteiger partial charge in [-0.25, -0.2) is 0 Å². The Morgan fingerprint density at radius 2 is 2.12 bits per heavy atom. The Morgan fingerprint density at radius 1 is 1.35 bits per heavy atom. The smallest absolute Gasteiger partial charge is 0.0107 e. The van der Waals surface area contributed by atoms with E-state index in [4.69, 9.17) is 0 Å². The first kappa shape index (κ1) is 15.0. The van der Waals surface area contributed by atoms with Crippen LogP contribution in [0.3, 0.4) is 0 Å². The van der Waals surface area contributed by atoms with Crippen molar-refractivity contribution in [1.29, 1.82) is 0 Å². The van der Waals surface area contributed by atoms with Crippen molar-refractivity contribution in [3.05, 3.63) is 0 Å². The highest BCUT2D eigenvalue weighted by atomic mass is 15.1. The summed E-state index contributed by atoms with van der Waals surface area (Å²) in [5.41, 5.74) is 0. The molecule has 0 aliphatic heterocycles. The monoisotopic (exact) mass is 240 g/mol. The van der Waals surface area contributed by atoms with E-state index < -0.39 is 0 Å². The Morgan fingerprint density at radius 3 is 2.76 bits per heavy atom. The summed E-state index contributed by atoms with van der Waals surface area (Å²) in [5.74, 6) is 0.933. The number of rotatable bonds is 7. The van der Waals surface area contributed by atoms with Crippen LogP contribution in [0.1, 0.15) is 59.3 Å². The largest absolute Gasteiger partial charge is 0.313 e. The fourth-order valence-electron chi connectivity index (χ4n) is 3.01. The summed E-state index contributed by atoms with van der Waals surface area (Å²) in [4.78, 5) is 2.57. The van der Waals surface area contributed by atoms with Crippen molar-refractivity contribution in [2.45, 2.75) is 71.4 Å². The fraction of sp³-hybridized carbons (Fsp3) is 1.00. The zero-order valence-electron chi connectivity index (χ0n) is 12.3. The van der Waals surface area contributed by atoms with E-state index in [0.29, 0.717) is 6.04 Å². The summed E-state index contributed by atoms with van der Waals surface area (Å²) in [6.45, 7) is 9.30. The first-order chi connectivity index (χ1) is 8.13. The van der Waals surface area contributed by atoms with Gasteiger partial charge in [-0.3, -0.25) is 0 Å². The molecule has 0 aromatic rings. The van der Waals surface area contributed by atoms with Crippen molar-refractivity contribution in [2.24, 2.45) is 5.92 Å². The van der Waals surface area contributed by atoms with Gasteiger partial charge in [-0.1, -0.05) is 33.1 Å². The Balaban J connectivity index is 2.13. The second-order valence-corrected chi connectivity index (χ2v) is 6.05. The van der Waals surface area contributed by atoms with Crippen molar-refractivity contribution in [3.63, 3.8) is 0 Å². The van der Waals surface area contributed by atoms with E-state index in [-0.39, 0.29) is 0 Å². The molecule has 0 radical (unpaired) electrons. The summed E-state index contributed by atoms with van der Waals surface area (Å²) in [6, 6.07) is 1.51. The van der Waals surface area contributed by atoms with Gasteiger partial charge in [-0.15, -0.1) is 0 Å². The molecule has 2 heteroatoms. The van der Waals surface area contributed by atoms with E-state index in [1.54, 1.807) is 0 Å². The van der Waals surface area contributed by atoms with Crippen LogP contribution in [0, 0.1) is 5.92 Å². The summed E-state index contributed by atoms with van der Waals surface area (Å²) in [7, 11) is 2.30. The van der Waals surface area contributed by atoms with E-state index in [2.05, 4.69) is 38.0 Å². The quantitative estimate of drug-likeness (QED) is 0.735. The molecule has 102 valence electrons. The zero-order valence-corrected chi connectivity index (χ0v) is 12.3. The van der Waals surface area contributed by atoms with Gasteiger partial charge < -0.3 is 10.2 Å². The Kier molecular flexibility index (Phi) is 7.14. The Labute approximate surface area is 108 Å². The predicted octanol–water partition coefficient (Wildman–Crippen LogP) is 3.28. The normalized spacial score (nSPS) is 27.4. The zero-order chi connectivity index (χ0) is 12.7. The second kappa shape index (κ2) is 8.10. The van der Waals surface area contributed by atoms with Crippen LogP contribution in [-0.2, 0) is 0 Å². The molecular formula is C15H32N2. The summed E-state index contributed by atoms with van der Waals surface area (Å²) in [5, 5.41) is 3.62. The highest BCUT2D eigenvalue weighted by molar-refractivity contribution is 4.77. The molecule has 2 nitrogen and oxygen atoms in total. The summed E-state index contributed by atoms with van der Waals surface area (Å²) >= 11 is 0. The molecule has 0 bridgehead atoms. The van der Waals surface area contributed by atoms with Crippen LogP contribution >= 0.6 is 0 Å². The van der Waals surface area contributed by atoms with Gasteiger partial charge in [0.1, 0.15) is 0 Å². The van der Waals surface area contributed by atoms with Crippen molar-refractivity contribution < 1.29 is 0 Å². The standard InChI is InChI=1S/C15H32N2/c1-5-7-14(3)16-10-11-17(4)15-9-6-8-13(2)12-15/h13-16H,5-12H2,1-4H3. The molecule has 1 rings (SSSR count). The third-order valence-corrected chi connectivity index (χ3v) is 4.21. The minimum absolute atomic E-state index is 0.679. The lowest BCUT2D eigenvalue weighted by Crippen LogP contribution is -2.41. The molecule has 1 saturated carbocycles. The maximum Gasteiger partial charge on any atom is 0.0107 e. The lowest BCUT2D eigenvalue weighted by atomic mass is 9.86. The first-order valence-corrected chi connectivity index (χ1v) is 7.57. The highest BCUT2D eigenvalue weighted by Gasteiger charge is 2.21. The first-order valence-electron chi connectivity index (χ1n) is 7.57. The van der Waals surface area contributed by atoms with E-state index in [1.807, 2.05) is 0 Å². The third kappa shape index (κ3) is 5.87. The van der Waals surface area contributed by atoms with Crippen LogP contribution in [0.15, 0.2) is 0 Å². The summed E-state index contributed by atoms with van der Waals surface area (Å²) < 4.78 is 0. The molecule has 0 saturated heterocycles. The number of hydrogen-bond donors (Lipinski definition) is 1. The molecule has 17 heavy (non-hydrogen) atoms. The number of nitrogens with zero attached hydrogens (tertiary/aromatic N) is 1. The van der Waals surface area contributed by atoms with E-state index in [0.717, 1.165) is 18.5 Å². The lowest BCUT2D eigenvalue weighted by molar-refractivity contribution is 0.163. The van der Waals surface area contributed by atoms with Crippen LogP contribution in [0.5, 0.6) is 0 Å². The van der Waals surface area contributed by atoms with Crippen molar-refractivity contribution >= 4 is 0 Å². The number of hydrogen-bond acceptors (Lipinski definition) is 2. The minimum atomic E-state index is 0.679. The van der Waals surface area contributed by atoms with Gasteiger partial charge in [0.05, 0.1) is 0 Å². The minimum Gasteiger partial charge on any atom is -0.313 e. The average molecular weight is 240 g/mol. The van der Waals surface area contributed by atoms with Crippen molar-refractivity contribution in [3.8, 4) is 0 Å². The molecular weight excluding hydrogens is 208 g/mol. The molecule has 0 spiro atoms. The van der Waals surface area contributed by atoms with Crippen LogP contribution in [0.25, 0.3) is 0 Å². The molecule has 0 amide bonds. The lowest BCUT2D eigenvalue weighted by Gasteiger charge is -2.34. The third-order valence-electron chi connectivity index (χ3n) is 4.21. The van der Waals surface area contributed by atoms with Gasteiger partial charge >= 0.3 is 0 Å². The molecule has 3 unspecified atom stereocenters. The maximum absolute atomic E-state index is 3.62. The predicted molar refractivity (Wildman–Crippen MR) is 76.4 cm³/mol. The van der Waals surface area contributed by atoms with Crippen LogP contribution < -0.4 is 5.32 Å². The molecule has 0 heterocycles. The Hall–Kier alpha value is -0.0800. The average Bonchev–Trinajstić information content (AvgIpc) is 2.29. The van der Waals surface area contributed by atoms with Gasteiger partial charge in [0, 0.05) is 25.2 Å². The van der Waals surface area contributed by atoms with Crippen LogP contribution in [0.2, 0.25) is 0 Å². The summed E-state index contributed by atoms with van der Waals surface area (Å²) in [6.07, 6.45) is 8.26. The van der Waals surface area contributed by atoms with Gasteiger partial charge in [0.2, 0.25) is 0 Å². The topological polar surface area (TPSA) is 15.3 Å².